The number of aromatic nitrogens is 1. The number of pyridine rings is 1. The number of carbonyl (C=O) groups excluding carboxylic acids is 1. The third kappa shape index (κ3) is 5.66. The Morgan fingerprint density at radius 2 is 1.93 bits per heavy atom. The number of hydrogen-bond acceptors (Lipinski definition) is 4. The van der Waals surface area contributed by atoms with Crippen LogP contribution in [0, 0.1) is 12.7 Å². The number of amides is 1. The Morgan fingerprint density at radius 1 is 1.14 bits per heavy atom. The highest BCUT2D eigenvalue weighted by atomic mass is 19.4. The van der Waals surface area contributed by atoms with Gasteiger partial charge in [-0.1, -0.05) is 6.07 Å². The molecule has 1 fully saturated rings. The number of carbonyl (C=O) groups is 1. The molecule has 1 saturated heterocycles. The first kappa shape index (κ1) is 21.0. The Labute approximate surface area is 166 Å². The minimum Gasteiger partial charge on any atom is -0.355 e. The van der Waals surface area contributed by atoms with Gasteiger partial charge in [0.1, 0.15) is 11.6 Å². The number of benzene rings is 1. The van der Waals surface area contributed by atoms with E-state index in [2.05, 4.69) is 10.3 Å². The molecular formula is C20H22F4N4O. The lowest BCUT2D eigenvalue weighted by atomic mass is 10.2. The minimum absolute atomic E-state index is 0.113. The molecule has 0 bridgehead atoms. The van der Waals surface area contributed by atoms with Gasteiger partial charge in [0.15, 0.2) is 0 Å². The molecule has 1 aromatic carbocycles. The second kappa shape index (κ2) is 8.77. The Morgan fingerprint density at radius 3 is 2.59 bits per heavy atom. The summed E-state index contributed by atoms with van der Waals surface area (Å²) in [6, 6.07) is 7.00. The number of anilines is 2. The quantitative estimate of drug-likeness (QED) is 0.781. The van der Waals surface area contributed by atoms with E-state index in [0.29, 0.717) is 32.0 Å². The van der Waals surface area contributed by atoms with Gasteiger partial charge in [0.05, 0.1) is 17.8 Å². The molecular weight excluding hydrogens is 388 g/mol. The average molecular weight is 410 g/mol. The van der Waals surface area contributed by atoms with Crippen LogP contribution in [0.25, 0.3) is 0 Å². The van der Waals surface area contributed by atoms with E-state index in [1.165, 1.54) is 18.2 Å². The van der Waals surface area contributed by atoms with E-state index in [1.807, 2.05) is 9.80 Å². The van der Waals surface area contributed by atoms with Crippen LogP contribution in [0.1, 0.15) is 17.5 Å². The molecule has 29 heavy (non-hydrogen) atoms. The van der Waals surface area contributed by atoms with Crippen molar-refractivity contribution in [2.75, 3.05) is 42.9 Å². The Bertz CT molecular complexity index is 855. The molecule has 1 aromatic heterocycles. The standard InChI is InChI=1S/C20H22F4N4O/c1-14-3-5-17(16(21)11-14)26-19(29)13-27-7-2-8-28(10-9-27)18-6-4-15(12-25-18)20(22,23)24/h3-6,11-12H,2,7-10,13H2,1H3,(H,26,29). The van der Waals surface area contributed by atoms with Gasteiger partial charge in [-0.25, -0.2) is 9.37 Å². The molecule has 5 nitrogen and oxygen atoms in total. The summed E-state index contributed by atoms with van der Waals surface area (Å²) in [5.74, 6) is -0.311. The van der Waals surface area contributed by atoms with Crippen LogP contribution < -0.4 is 10.2 Å². The molecule has 2 heterocycles. The molecule has 0 saturated carbocycles. The van der Waals surface area contributed by atoms with Gasteiger partial charge in [-0.3, -0.25) is 9.69 Å². The maximum atomic E-state index is 13.9. The summed E-state index contributed by atoms with van der Waals surface area (Å²) in [6.45, 7) is 4.24. The van der Waals surface area contributed by atoms with Crippen LogP contribution >= 0.6 is 0 Å². The number of aryl methyl sites for hydroxylation is 1. The van der Waals surface area contributed by atoms with E-state index < -0.39 is 17.6 Å². The van der Waals surface area contributed by atoms with Crippen LogP contribution in [0.2, 0.25) is 0 Å². The topological polar surface area (TPSA) is 48.5 Å². The van der Waals surface area contributed by atoms with E-state index in [-0.39, 0.29) is 18.1 Å². The van der Waals surface area contributed by atoms with Crippen molar-refractivity contribution in [1.29, 1.82) is 0 Å². The monoisotopic (exact) mass is 410 g/mol. The number of nitrogens with zero attached hydrogens (tertiary/aromatic N) is 3. The van der Waals surface area contributed by atoms with Crippen LogP contribution in [0.5, 0.6) is 0 Å². The zero-order valence-electron chi connectivity index (χ0n) is 16.0. The second-order valence-corrected chi connectivity index (χ2v) is 7.05. The number of nitrogens with one attached hydrogen (secondary N) is 1. The van der Waals surface area contributed by atoms with Crippen LogP contribution in [-0.2, 0) is 11.0 Å². The zero-order chi connectivity index (χ0) is 21.0. The maximum absolute atomic E-state index is 13.9. The minimum atomic E-state index is -4.41. The zero-order valence-corrected chi connectivity index (χ0v) is 16.0. The van der Waals surface area contributed by atoms with Crippen molar-refractivity contribution in [3.05, 3.63) is 53.5 Å². The molecule has 156 valence electrons. The van der Waals surface area contributed by atoms with Gasteiger partial charge >= 0.3 is 6.18 Å². The molecule has 3 rings (SSSR count). The number of rotatable bonds is 4. The molecule has 0 radical (unpaired) electrons. The summed E-state index contributed by atoms with van der Waals surface area (Å²) in [5.41, 5.74) is 0.133. The predicted molar refractivity (Wildman–Crippen MR) is 102 cm³/mol. The highest BCUT2D eigenvalue weighted by Crippen LogP contribution is 2.29. The maximum Gasteiger partial charge on any atom is 0.417 e. The number of halogens is 4. The van der Waals surface area contributed by atoms with Gasteiger partial charge in [0, 0.05) is 32.4 Å². The molecule has 0 aliphatic carbocycles. The molecule has 1 amide bonds. The highest BCUT2D eigenvalue weighted by molar-refractivity contribution is 5.92. The van der Waals surface area contributed by atoms with E-state index in [0.717, 1.165) is 24.2 Å². The summed E-state index contributed by atoms with van der Waals surface area (Å²) in [7, 11) is 0. The SMILES string of the molecule is Cc1ccc(NC(=O)CN2CCCN(c3ccc(C(F)(F)F)cn3)CC2)c(F)c1. The molecule has 1 aliphatic heterocycles. The fourth-order valence-corrected chi connectivity index (χ4v) is 3.21. The third-order valence-electron chi connectivity index (χ3n) is 4.75. The molecule has 0 spiro atoms. The summed E-state index contributed by atoms with van der Waals surface area (Å²) >= 11 is 0. The number of hydrogen-bond donors (Lipinski definition) is 1. The fourth-order valence-electron chi connectivity index (χ4n) is 3.21. The van der Waals surface area contributed by atoms with Gasteiger partial charge < -0.3 is 10.2 Å². The Hall–Kier alpha value is -2.68. The summed E-state index contributed by atoms with van der Waals surface area (Å²) < 4.78 is 51.9. The predicted octanol–water partition coefficient (Wildman–Crippen LogP) is 3.70. The van der Waals surface area contributed by atoms with Crippen molar-refractivity contribution in [3.8, 4) is 0 Å². The Balaban J connectivity index is 1.55. The lowest BCUT2D eigenvalue weighted by Crippen LogP contribution is -2.36. The molecule has 9 heteroatoms. The van der Waals surface area contributed by atoms with E-state index in [9.17, 15) is 22.4 Å². The summed E-state index contributed by atoms with van der Waals surface area (Å²) in [5, 5.41) is 2.58. The van der Waals surface area contributed by atoms with Gasteiger partial charge in [-0.05, 0) is 43.2 Å². The van der Waals surface area contributed by atoms with Gasteiger partial charge in [0.25, 0.3) is 0 Å². The lowest BCUT2D eigenvalue weighted by molar-refractivity contribution is -0.137. The van der Waals surface area contributed by atoms with E-state index in [4.69, 9.17) is 0 Å². The van der Waals surface area contributed by atoms with Gasteiger partial charge in [0.2, 0.25) is 5.91 Å². The van der Waals surface area contributed by atoms with Crippen molar-refractivity contribution in [3.63, 3.8) is 0 Å². The van der Waals surface area contributed by atoms with Crippen LogP contribution in [0.3, 0.4) is 0 Å². The van der Waals surface area contributed by atoms with Crippen LogP contribution in [0.4, 0.5) is 29.1 Å². The molecule has 1 aliphatic rings. The summed E-state index contributed by atoms with van der Waals surface area (Å²) in [6.07, 6.45) is -2.85. The van der Waals surface area contributed by atoms with Crippen molar-refractivity contribution < 1.29 is 22.4 Å². The summed E-state index contributed by atoms with van der Waals surface area (Å²) in [4.78, 5) is 20.0. The molecule has 0 unspecified atom stereocenters. The molecule has 1 N–H and O–H groups in total. The van der Waals surface area contributed by atoms with Crippen molar-refractivity contribution in [2.45, 2.75) is 19.5 Å². The first-order chi connectivity index (χ1) is 13.7. The molecule has 2 aromatic rings. The second-order valence-electron chi connectivity index (χ2n) is 7.05. The first-order valence-electron chi connectivity index (χ1n) is 9.29. The largest absolute Gasteiger partial charge is 0.417 e. The van der Waals surface area contributed by atoms with E-state index in [1.54, 1.807) is 13.0 Å². The normalized spacial score (nSPS) is 15.8. The van der Waals surface area contributed by atoms with Crippen LogP contribution in [-0.4, -0.2) is 48.5 Å². The van der Waals surface area contributed by atoms with Gasteiger partial charge in [-0.15, -0.1) is 0 Å². The first-order valence-corrected chi connectivity index (χ1v) is 9.29. The fraction of sp³-hybridized carbons (Fsp3) is 0.400. The lowest BCUT2D eigenvalue weighted by Gasteiger charge is -2.22. The average Bonchev–Trinajstić information content (AvgIpc) is 2.89. The number of alkyl halides is 3. The van der Waals surface area contributed by atoms with Crippen molar-refractivity contribution in [1.82, 2.24) is 9.88 Å². The molecule has 0 atom stereocenters. The Kier molecular flexibility index (Phi) is 6.36. The van der Waals surface area contributed by atoms with Crippen molar-refractivity contribution >= 4 is 17.4 Å². The highest BCUT2D eigenvalue weighted by Gasteiger charge is 2.31. The van der Waals surface area contributed by atoms with Crippen molar-refractivity contribution in [2.24, 2.45) is 0 Å². The smallest absolute Gasteiger partial charge is 0.355 e. The van der Waals surface area contributed by atoms with Crippen LogP contribution in [0.15, 0.2) is 36.5 Å². The van der Waals surface area contributed by atoms with E-state index >= 15 is 0 Å². The third-order valence-corrected chi connectivity index (χ3v) is 4.75. The van der Waals surface area contributed by atoms with Gasteiger partial charge in [-0.2, -0.15) is 13.2 Å².